The molecular weight excluding hydrogens is 243 g/mol. The predicted molar refractivity (Wildman–Crippen MR) is 58.7 cm³/mol. The van der Waals surface area contributed by atoms with Crippen LogP contribution in [0.4, 0.5) is 17.3 Å². The lowest BCUT2D eigenvalue weighted by molar-refractivity contribution is -0.699. The van der Waals surface area contributed by atoms with Crippen molar-refractivity contribution in [2.24, 2.45) is 7.05 Å². The smallest absolute Gasteiger partial charge is 0.418 e. The van der Waals surface area contributed by atoms with E-state index in [2.05, 4.69) is 24.1 Å². The topological polar surface area (TPSA) is 8.81 Å². The van der Waals surface area contributed by atoms with E-state index in [9.17, 15) is 17.3 Å². The Hall–Kier alpha value is -0.655. The minimum Gasteiger partial charge on any atom is -0.418 e. The van der Waals surface area contributed by atoms with Gasteiger partial charge < -0.3 is 17.3 Å². The Bertz CT molecular complexity index is 296. The first kappa shape index (κ1) is 15.3. The molecule has 1 aromatic rings. The SMILES string of the molecule is CCCC(S)[n+]1ccn(C)c1.F[B-](F)(F)F. The first-order chi connectivity index (χ1) is 7.24. The quantitative estimate of drug-likeness (QED) is 0.369. The molecule has 94 valence electrons. The Morgan fingerprint density at radius 3 is 2.19 bits per heavy atom. The number of hydrogen-bond acceptors (Lipinski definition) is 1. The van der Waals surface area contributed by atoms with E-state index in [1.54, 1.807) is 0 Å². The number of aromatic nitrogens is 2. The van der Waals surface area contributed by atoms with Gasteiger partial charge in [0, 0.05) is 0 Å². The van der Waals surface area contributed by atoms with Gasteiger partial charge in [0.2, 0.25) is 6.33 Å². The average molecular weight is 258 g/mol. The van der Waals surface area contributed by atoms with E-state index in [0.717, 1.165) is 6.42 Å². The Kier molecular flexibility index (Phi) is 6.55. The first-order valence-electron chi connectivity index (χ1n) is 4.82. The van der Waals surface area contributed by atoms with Gasteiger partial charge in [-0.15, -0.1) is 12.6 Å². The molecule has 0 N–H and O–H groups in total. The standard InChI is InChI=1S/C8H14N2S.BF4/c1-3-4-8(11)10-6-5-9(2)7-10;2-1(3,4)5/h5-8H,3-4H2,1-2H3;/q;-1/p+1. The molecule has 1 rings (SSSR count). The van der Waals surface area contributed by atoms with E-state index in [1.807, 2.05) is 30.3 Å². The average Bonchev–Trinajstić information content (AvgIpc) is 2.49. The van der Waals surface area contributed by atoms with Crippen LogP contribution in [0.1, 0.15) is 25.1 Å². The highest BCUT2D eigenvalue weighted by molar-refractivity contribution is 7.80. The maximum Gasteiger partial charge on any atom is 0.673 e. The number of thiol groups is 1. The molecule has 0 saturated heterocycles. The largest absolute Gasteiger partial charge is 0.673 e. The van der Waals surface area contributed by atoms with Crippen molar-refractivity contribution < 1.29 is 21.8 Å². The van der Waals surface area contributed by atoms with Crippen LogP contribution in [-0.2, 0) is 7.05 Å². The molecule has 0 amide bonds. The minimum atomic E-state index is -6.00. The normalized spacial score (nSPS) is 12.9. The van der Waals surface area contributed by atoms with Crippen LogP contribution < -0.4 is 4.57 Å². The Labute approximate surface area is 97.8 Å². The van der Waals surface area contributed by atoms with Crippen molar-refractivity contribution in [2.45, 2.75) is 25.1 Å². The van der Waals surface area contributed by atoms with Crippen LogP contribution in [0.2, 0.25) is 0 Å². The Morgan fingerprint density at radius 2 is 1.88 bits per heavy atom. The Morgan fingerprint density at radius 1 is 1.38 bits per heavy atom. The molecule has 1 aromatic heterocycles. The van der Waals surface area contributed by atoms with Crippen LogP contribution in [0.15, 0.2) is 18.7 Å². The molecule has 0 fully saturated rings. The fourth-order valence-corrected chi connectivity index (χ4v) is 1.45. The van der Waals surface area contributed by atoms with Gasteiger partial charge in [-0.25, -0.2) is 9.13 Å². The lowest BCUT2D eigenvalue weighted by atomic mass is 10.3. The first-order valence-corrected chi connectivity index (χ1v) is 5.33. The summed E-state index contributed by atoms with van der Waals surface area (Å²) in [5, 5.41) is 0.334. The molecule has 1 atom stereocenters. The molecule has 1 heterocycles. The number of hydrogen-bond donors (Lipinski definition) is 1. The molecule has 0 radical (unpaired) electrons. The van der Waals surface area contributed by atoms with E-state index in [4.69, 9.17) is 0 Å². The number of rotatable bonds is 3. The number of nitrogens with zero attached hydrogens (tertiary/aromatic N) is 2. The summed E-state index contributed by atoms with van der Waals surface area (Å²) in [6.45, 7) is 2.17. The maximum absolute atomic E-state index is 9.75. The lowest BCUT2D eigenvalue weighted by Gasteiger charge is -2.03. The second kappa shape index (κ2) is 6.83. The zero-order valence-corrected chi connectivity index (χ0v) is 10.0. The van der Waals surface area contributed by atoms with Crippen molar-refractivity contribution in [3.8, 4) is 0 Å². The third-order valence-corrected chi connectivity index (χ3v) is 2.21. The van der Waals surface area contributed by atoms with Gasteiger partial charge in [0.15, 0.2) is 0 Å². The van der Waals surface area contributed by atoms with Crippen molar-refractivity contribution in [1.82, 2.24) is 4.57 Å². The molecule has 2 nitrogen and oxygen atoms in total. The van der Waals surface area contributed by atoms with Gasteiger partial charge in [-0.3, -0.25) is 0 Å². The van der Waals surface area contributed by atoms with Crippen LogP contribution >= 0.6 is 12.6 Å². The molecule has 0 bridgehead atoms. The molecule has 0 aromatic carbocycles. The van der Waals surface area contributed by atoms with Gasteiger partial charge in [0.1, 0.15) is 17.8 Å². The molecule has 0 saturated carbocycles. The summed E-state index contributed by atoms with van der Waals surface area (Å²) in [7, 11) is -3.98. The molecule has 0 aliphatic rings. The maximum atomic E-state index is 9.75. The summed E-state index contributed by atoms with van der Waals surface area (Å²) in [6.07, 6.45) is 8.42. The summed E-state index contributed by atoms with van der Waals surface area (Å²) < 4.78 is 43.1. The summed E-state index contributed by atoms with van der Waals surface area (Å²) >= 11 is 4.46. The second-order valence-corrected chi connectivity index (χ2v) is 3.89. The van der Waals surface area contributed by atoms with E-state index in [0.29, 0.717) is 5.37 Å². The zero-order valence-electron chi connectivity index (χ0n) is 9.15. The van der Waals surface area contributed by atoms with Crippen molar-refractivity contribution in [3.05, 3.63) is 18.7 Å². The molecule has 16 heavy (non-hydrogen) atoms. The monoisotopic (exact) mass is 258 g/mol. The van der Waals surface area contributed by atoms with Crippen LogP contribution in [0.25, 0.3) is 0 Å². The highest BCUT2D eigenvalue weighted by atomic mass is 32.1. The van der Waals surface area contributed by atoms with E-state index in [-0.39, 0.29) is 0 Å². The van der Waals surface area contributed by atoms with Crippen LogP contribution in [-0.4, -0.2) is 11.8 Å². The van der Waals surface area contributed by atoms with Gasteiger partial charge in [-0.05, 0) is 6.42 Å². The fraction of sp³-hybridized carbons (Fsp3) is 0.625. The minimum absolute atomic E-state index is 0.334. The van der Waals surface area contributed by atoms with E-state index in [1.165, 1.54) is 6.42 Å². The highest BCUT2D eigenvalue weighted by Gasteiger charge is 2.20. The fourth-order valence-electron chi connectivity index (χ4n) is 1.05. The van der Waals surface area contributed by atoms with Gasteiger partial charge in [0.25, 0.3) is 0 Å². The zero-order chi connectivity index (χ0) is 12.8. The predicted octanol–water partition coefficient (Wildman–Crippen LogP) is 2.84. The highest BCUT2D eigenvalue weighted by Crippen LogP contribution is 2.09. The summed E-state index contributed by atoms with van der Waals surface area (Å²) in [5.74, 6) is 0. The van der Waals surface area contributed by atoms with Crippen molar-refractivity contribution in [1.29, 1.82) is 0 Å². The molecule has 0 aliphatic carbocycles. The van der Waals surface area contributed by atoms with Crippen molar-refractivity contribution in [3.63, 3.8) is 0 Å². The molecule has 1 unspecified atom stereocenters. The molecule has 0 spiro atoms. The summed E-state index contributed by atoms with van der Waals surface area (Å²) in [6, 6.07) is 0. The van der Waals surface area contributed by atoms with Crippen molar-refractivity contribution >= 4 is 19.9 Å². The second-order valence-electron chi connectivity index (χ2n) is 3.29. The van der Waals surface area contributed by atoms with Crippen LogP contribution in [0.5, 0.6) is 0 Å². The molecule has 0 aliphatic heterocycles. The van der Waals surface area contributed by atoms with Crippen molar-refractivity contribution in [2.75, 3.05) is 0 Å². The van der Waals surface area contributed by atoms with Crippen LogP contribution in [0.3, 0.4) is 0 Å². The van der Waals surface area contributed by atoms with E-state index >= 15 is 0 Å². The third-order valence-electron chi connectivity index (χ3n) is 1.68. The van der Waals surface area contributed by atoms with Gasteiger partial charge >= 0.3 is 7.25 Å². The number of halogens is 4. The summed E-state index contributed by atoms with van der Waals surface area (Å²) in [4.78, 5) is 0. The molecule has 8 heteroatoms. The summed E-state index contributed by atoms with van der Waals surface area (Å²) in [5.41, 5.74) is 0. The third kappa shape index (κ3) is 8.64. The molecular formula is C8H15BF4N2S. The Balaban J connectivity index is 0.000000385. The van der Waals surface area contributed by atoms with Gasteiger partial charge in [-0.1, -0.05) is 13.3 Å². The van der Waals surface area contributed by atoms with E-state index < -0.39 is 7.25 Å². The lowest BCUT2D eigenvalue weighted by Crippen LogP contribution is -2.33. The van der Waals surface area contributed by atoms with Gasteiger partial charge in [0.05, 0.1) is 7.05 Å². The number of imidazole rings is 1. The number of aryl methyl sites for hydroxylation is 1. The van der Waals surface area contributed by atoms with Gasteiger partial charge in [-0.2, -0.15) is 0 Å². The van der Waals surface area contributed by atoms with Crippen LogP contribution in [0, 0.1) is 0 Å².